The number of halogens is 1. The molecule has 0 aliphatic carbocycles. The molecule has 0 bridgehead atoms. The summed E-state index contributed by atoms with van der Waals surface area (Å²) in [6.07, 6.45) is 0.787. The standard InChI is InChI=1S/C19H25FN2OS/c1-12(2)17(21)9-10-22(4)19(23)18-11-16(13(3)24-18)14-5-7-15(20)8-6-14/h5-8,11-12,17H,9-10,21H2,1-4H3. The van der Waals surface area contributed by atoms with Crippen molar-refractivity contribution in [2.24, 2.45) is 11.7 Å². The summed E-state index contributed by atoms with van der Waals surface area (Å²) in [5.74, 6) is 0.152. The minimum Gasteiger partial charge on any atom is -0.341 e. The topological polar surface area (TPSA) is 46.3 Å². The number of rotatable bonds is 6. The number of nitrogens with zero attached hydrogens (tertiary/aromatic N) is 1. The molecular weight excluding hydrogens is 323 g/mol. The molecule has 2 aromatic rings. The molecule has 0 radical (unpaired) electrons. The van der Waals surface area contributed by atoms with Crippen LogP contribution in [0.25, 0.3) is 11.1 Å². The largest absolute Gasteiger partial charge is 0.341 e. The third kappa shape index (κ3) is 4.42. The third-order valence-electron chi connectivity index (χ3n) is 4.28. The average molecular weight is 348 g/mol. The van der Waals surface area contributed by atoms with E-state index in [1.807, 2.05) is 20.0 Å². The van der Waals surface area contributed by atoms with Crippen LogP contribution in [0.3, 0.4) is 0 Å². The molecule has 24 heavy (non-hydrogen) atoms. The van der Waals surface area contributed by atoms with Crippen LogP contribution in [0.2, 0.25) is 0 Å². The van der Waals surface area contributed by atoms with Crippen LogP contribution in [0.4, 0.5) is 4.39 Å². The van der Waals surface area contributed by atoms with Crippen LogP contribution in [-0.2, 0) is 0 Å². The molecule has 1 atom stereocenters. The molecule has 0 spiro atoms. The van der Waals surface area contributed by atoms with Crippen LogP contribution >= 0.6 is 11.3 Å². The molecule has 0 saturated carbocycles. The number of amides is 1. The normalized spacial score (nSPS) is 12.5. The highest BCUT2D eigenvalue weighted by Gasteiger charge is 2.18. The highest BCUT2D eigenvalue weighted by atomic mass is 32.1. The average Bonchev–Trinajstić information content (AvgIpc) is 2.93. The van der Waals surface area contributed by atoms with Gasteiger partial charge in [0.2, 0.25) is 0 Å². The van der Waals surface area contributed by atoms with Crippen molar-refractivity contribution in [3.63, 3.8) is 0 Å². The maximum absolute atomic E-state index is 13.1. The Hall–Kier alpha value is -1.72. The first-order chi connectivity index (χ1) is 11.3. The van der Waals surface area contributed by atoms with Crippen LogP contribution < -0.4 is 5.73 Å². The summed E-state index contributed by atoms with van der Waals surface area (Å²) >= 11 is 1.47. The van der Waals surface area contributed by atoms with Crippen molar-refractivity contribution in [3.8, 4) is 11.1 Å². The number of carbonyl (C=O) groups excluding carboxylic acids is 1. The van der Waals surface area contributed by atoms with E-state index in [0.717, 1.165) is 22.4 Å². The van der Waals surface area contributed by atoms with Crippen LogP contribution in [-0.4, -0.2) is 30.4 Å². The van der Waals surface area contributed by atoms with E-state index >= 15 is 0 Å². The van der Waals surface area contributed by atoms with Crippen molar-refractivity contribution in [2.75, 3.05) is 13.6 Å². The van der Waals surface area contributed by atoms with Crippen molar-refractivity contribution < 1.29 is 9.18 Å². The van der Waals surface area contributed by atoms with E-state index in [0.29, 0.717) is 17.3 Å². The van der Waals surface area contributed by atoms with E-state index in [1.165, 1.54) is 23.5 Å². The summed E-state index contributed by atoms with van der Waals surface area (Å²) in [6, 6.07) is 8.35. The zero-order valence-corrected chi connectivity index (χ0v) is 15.5. The Morgan fingerprint density at radius 1 is 1.29 bits per heavy atom. The fraction of sp³-hybridized carbons (Fsp3) is 0.421. The lowest BCUT2D eigenvalue weighted by Gasteiger charge is -2.21. The van der Waals surface area contributed by atoms with Crippen molar-refractivity contribution in [2.45, 2.75) is 33.2 Å². The quantitative estimate of drug-likeness (QED) is 0.845. The second kappa shape index (κ2) is 7.90. The molecule has 0 aliphatic rings. The van der Waals surface area contributed by atoms with E-state index in [1.54, 1.807) is 17.0 Å². The van der Waals surface area contributed by atoms with Gasteiger partial charge in [0.25, 0.3) is 5.91 Å². The summed E-state index contributed by atoms with van der Waals surface area (Å²) < 4.78 is 13.1. The fourth-order valence-corrected chi connectivity index (χ4v) is 3.51. The Morgan fingerprint density at radius 2 is 1.92 bits per heavy atom. The summed E-state index contributed by atoms with van der Waals surface area (Å²) in [6.45, 7) is 6.80. The number of thiophene rings is 1. The molecule has 1 aromatic heterocycles. The Morgan fingerprint density at radius 3 is 2.50 bits per heavy atom. The van der Waals surface area contributed by atoms with Gasteiger partial charge in [-0.15, -0.1) is 11.3 Å². The molecular formula is C19H25FN2OS. The van der Waals surface area contributed by atoms with Crippen LogP contribution in [0.5, 0.6) is 0 Å². The zero-order valence-electron chi connectivity index (χ0n) is 14.7. The molecule has 0 fully saturated rings. The zero-order chi connectivity index (χ0) is 17.9. The van der Waals surface area contributed by atoms with Gasteiger partial charge in [-0.25, -0.2) is 4.39 Å². The Balaban J connectivity index is 2.10. The second-order valence-electron chi connectivity index (χ2n) is 6.51. The van der Waals surface area contributed by atoms with Gasteiger partial charge in [0, 0.05) is 24.5 Å². The van der Waals surface area contributed by atoms with E-state index in [-0.39, 0.29) is 17.8 Å². The second-order valence-corrected chi connectivity index (χ2v) is 7.77. The van der Waals surface area contributed by atoms with E-state index in [2.05, 4.69) is 13.8 Å². The van der Waals surface area contributed by atoms with Crippen molar-refractivity contribution >= 4 is 17.2 Å². The summed E-state index contributed by atoms with van der Waals surface area (Å²) in [5, 5.41) is 0. The highest BCUT2D eigenvalue weighted by Crippen LogP contribution is 2.31. The van der Waals surface area contributed by atoms with Gasteiger partial charge in [0.05, 0.1) is 4.88 Å². The summed E-state index contributed by atoms with van der Waals surface area (Å²) in [7, 11) is 1.81. The highest BCUT2D eigenvalue weighted by molar-refractivity contribution is 7.14. The first-order valence-electron chi connectivity index (χ1n) is 8.17. The van der Waals surface area contributed by atoms with Crippen molar-refractivity contribution in [3.05, 3.63) is 45.9 Å². The predicted molar refractivity (Wildman–Crippen MR) is 98.8 cm³/mol. The molecule has 1 aromatic carbocycles. The molecule has 1 unspecified atom stereocenters. The fourth-order valence-electron chi connectivity index (χ4n) is 2.47. The first kappa shape index (κ1) is 18.6. The minimum absolute atomic E-state index is 0.00687. The molecule has 5 heteroatoms. The van der Waals surface area contributed by atoms with Gasteiger partial charge in [-0.3, -0.25) is 4.79 Å². The molecule has 1 amide bonds. The van der Waals surface area contributed by atoms with Gasteiger partial charge in [-0.1, -0.05) is 26.0 Å². The summed E-state index contributed by atoms with van der Waals surface area (Å²) in [4.78, 5) is 16.1. The van der Waals surface area contributed by atoms with Crippen molar-refractivity contribution in [1.29, 1.82) is 0 Å². The smallest absolute Gasteiger partial charge is 0.263 e. The first-order valence-corrected chi connectivity index (χ1v) is 8.98. The van der Waals surface area contributed by atoms with Crippen LogP contribution in [0.1, 0.15) is 34.8 Å². The lowest BCUT2D eigenvalue weighted by molar-refractivity contribution is 0.0794. The Bertz CT molecular complexity index is 694. The van der Waals surface area contributed by atoms with Gasteiger partial charge < -0.3 is 10.6 Å². The molecule has 1 heterocycles. The minimum atomic E-state index is -0.260. The van der Waals surface area contributed by atoms with Crippen LogP contribution in [0.15, 0.2) is 30.3 Å². The monoisotopic (exact) mass is 348 g/mol. The van der Waals surface area contributed by atoms with Gasteiger partial charge in [-0.05, 0) is 48.6 Å². The third-order valence-corrected chi connectivity index (χ3v) is 5.32. The van der Waals surface area contributed by atoms with Gasteiger partial charge in [-0.2, -0.15) is 0 Å². The van der Waals surface area contributed by atoms with E-state index in [4.69, 9.17) is 5.73 Å². The maximum Gasteiger partial charge on any atom is 0.263 e. The Labute approximate surface area is 147 Å². The SMILES string of the molecule is Cc1sc(C(=O)N(C)CCC(N)C(C)C)cc1-c1ccc(F)cc1. The van der Waals surface area contributed by atoms with E-state index < -0.39 is 0 Å². The van der Waals surface area contributed by atoms with Crippen LogP contribution in [0, 0.1) is 18.7 Å². The van der Waals surface area contributed by atoms with Gasteiger partial charge in [0.1, 0.15) is 5.82 Å². The lowest BCUT2D eigenvalue weighted by atomic mass is 10.0. The van der Waals surface area contributed by atoms with E-state index in [9.17, 15) is 9.18 Å². The molecule has 0 aliphatic heterocycles. The molecule has 3 nitrogen and oxygen atoms in total. The molecule has 130 valence electrons. The van der Waals surface area contributed by atoms with Gasteiger partial charge >= 0.3 is 0 Å². The number of hydrogen-bond donors (Lipinski definition) is 1. The van der Waals surface area contributed by atoms with Gasteiger partial charge in [0.15, 0.2) is 0 Å². The summed E-state index contributed by atoms with van der Waals surface area (Å²) in [5.41, 5.74) is 7.96. The number of hydrogen-bond acceptors (Lipinski definition) is 3. The maximum atomic E-state index is 13.1. The Kier molecular flexibility index (Phi) is 6.13. The molecule has 0 saturated heterocycles. The lowest BCUT2D eigenvalue weighted by Crippen LogP contribution is -2.34. The molecule has 2 rings (SSSR count). The number of nitrogens with two attached hydrogens (primary N) is 1. The number of benzene rings is 1. The van der Waals surface area contributed by atoms with Crippen molar-refractivity contribution in [1.82, 2.24) is 4.90 Å². The number of carbonyl (C=O) groups is 1. The molecule has 2 N–H and O–H groups in total. The number of aryl methyl sites for hydroxylation is 1. The predicted octanol–water partition coefficient (Wildman–Crippen LogP) is 4.31.